The molecule has 0 bridgehead atoms. The highest BCUT2D eigenvalue weighted by Gasteiger charge is 2.17. The van der Waals surface area contributed by atoms with Crippen molar-refractivity contribution < 1.29 is 4.92 Å². The molecule has 0 spiro atoms. The summed E-state index contributed by atoms with van der Waals surface area (Å²) < 4.78 is 1.59. The molecular weight excluding hydrogens is 258 g/mol. The van der Waals surface area contributed by atoms with Gasteiger partial charge in [0.05, 0.1) is 10.6 Å². The van der Waals surface area contributed by atoms with Gasteiger partial charge in [0.25, 0.3) is 5.69 Å². The number of rotatable bonds is 4. The average molecular weight is 271 g/mol. The lowest BCUT2D eigenvalue weighted by molar-refractivity contribution is -0.385. The van der Waals surface area contributed by atoms with Crippen LogP contribution in [0.1, 0.15) is 31.1 Å². The number of nitro groups is 1. The smallest absolute Gasteiger partial charge is 0.258 e. The summed E-state index contributed by atoms with van der Waals surface area (Å²) in [5, 5.41) is 24.2. The molecule has 0 unspecified atom stereocenters. The summed E-state index contributed by atoms with van der Waals surface area (Å²) in [6.45, 7) is 3.89. The first-order valence-corrected chi connectivity index (χ1v) is 6.24. The van der Waals surface area contributed by atoms with Gasteiger partial charge in [-0.15, -0.1) is 0 Å². The minimum absolute atomic E-state index is 0.0348. The molecule has 102 valence electrons. The number of aryl methyl sites for hydroxylation is 2. The van der Waals surface area contributed by atoms with Crippen LogP contribution in [-0.2, 0) is 12.8 Å². The van der Waals surface area contributed by atoms with Crippen LogP contribution in [0.2, 0.25) is 0 Å². The maximum Gasteiger partial charge on any atom is 0.289 e. The standard InChI is InChI=1S/C13H13N5O2/c1-3-12-15-13(4-2)17(16-12)10-6-5-9(8-14)11(7-10)18(19)20/h5-7H,3-4H2,1-2H3. The number of benzene rings is 1. The molecular formula is C13H13N5O2. The Bertz CT molecular complexity index is 699. The van der Waals surface area contributed by atoms with E-state index in [-0.39, 0.29) is 11.3 Å². The SMILES string of the molecule is CCc1nc(CC)n(-c2ccc(C#N)c([N+](=O)[O-])c2)n1. The number of nitro benzene ring substituents is 1. The Morgan fingerprint density at radius 3 is 2.70 bits per heavy atom. The van der Waals surface area contributed by atoms with Crippen LogP contribution < -0.4 is 0 Å². The molecule has 0 aliphatic heterocycles. The zero-order chi connectivity index (χ0) is 14.7. The van der Waals surface area contributed by atoms with Gasteiger partial charge >= 0.3 is 0 Å². The molecule has 0 N–H and O–H groups in total. The van der Waals surface area contributed by atoms with E-state index in [1.807, 2.05) is 19.9 Å². The van der Waals surface area contributed by atoms with E-state index in [4.69, 9.17) is 5.26 Å². The molecule has 20 heavy (non-hydrogen) atoms. The first-order chi connectivity index (χ1) is 9.60. The van der Waals surface area contributed by atoms with E-state index in [0.717, 1.165) is 5.82 Å². The van der Waals surface area contributed by atoms with Crippen molar-refractivity contribution >= 4 is 5.69 Å². The normalized spacial score (nSPS) is 10.2. The molecule has 0 radical (unpaired) electrons. The molecule has 0 saturated carbocycles. The molecule has 1 aromatic heterocycles. The van der Waals surface area contributed by atoms with Crippen LogP contribution in [-0.4, -0.2) is 19.7 Å². The molecule has 0 aliphatic carbocycles. The van der Waals surface area contributed by atoms with Gasteiger partial charge in [-0.2, -0.15) is 10.4 Å². The van der Waals surface area contributed by atoms with Gasteiger partial charge in [-0.3, -0.25) is 10.1 Å². The van der Waals surface area contributed by atoms with Gasteiger partial charge in [0.15, 0.2) is 5.82 Å². The largest absolute Gasteiger partial charge is 0.289 e. The first kappa shape index (κ1) is 13.7. The first-order valence-electron chi connectivity index (χ1n) is 6.24. The second-order valence-corrected chi connectivity index (χ2v) is 4.13. The van der Waals surface area contributed by atoms with E-state index >= 15 is 0 Å². The Morgan fingerprint density at radius 2 is 2.15 bits per heavy atom. The minimum Gasteiger partial charge on any atom is -0.258 e. The molecule has 7 heteroatoms. The van der Waals surface area contributed by atoms with E-state index < -0.39 is 4.92 Å². The highest BCUT2D eigenvalue weighted by atomic mass is 16.6. The fourth-order valence-corrected chi connectivity index (χ4v) is 1.87. The maximum atomic E-state index is 11.0. The van der Waals surface area contributed by atoms with Crippen molar-refractivity contribution in [2.45, 2.75) is 26.7 Å². The van der Waals surface area contributed by atoms with E-state index in [0.29, 0.717) is 24.4 Å². The fourth-order valence-electron chi connectivity index (χ4n) is 1.87. The van der Waals surface area contributed by atoms with Crippen molar-refractivity contribution in [3.8, 4) is 11.8 Å². The molecule has 7 nitrogen and oxygen atoms in total. The Balaban J connectivity index is 2.59. The quantitative estimate of drug-likeness (QED) is 0.627. The maximum absolute atomic E-state index is 11.0. The van der Waals surface area contributed by atoms with Gasteiger partial charge < -0.3 is 0 Å². The topological polar surface area (TPSA) is 97.6 Å². The van der Waals surface area contributed by atoms with Gasteiger partial charge in [0, 0.05) is 18.9 Å². The molecule has 0 amide bonds. The third-order valence-corrected chi connectivity index (χ3v) is 2.89. The number of hydrogen-bond acceptors (Lipinski definition) is 5. The predicted molar refractivity (Wildman–Crippen MR) is 71.5 cm³/mol. The van der Waals surface area contributed by atoms with Crippen LogP contribution in [0.25, 0.3) is 5.69 Å². The van der Waals surface area contributed by atoms with Crippen LogP contribution in [0.3, 0.4) is 0 Å². The zero-order valence-electron chi connectivity index (χ0n) is 11.2. The summed E-state index contributed by atoms with van der Waals surface area (Å²) in [5.41, 5.74) is 0.355. The number of nitriles is 1. The molecule has 0 aliphatic rings. The Labute approximate surface area is 115 Å². The summed E-state index contributed by atoms with van der Waals surface area (Å²) in [4.78, 5) is 14.8. The van der Waals surface area contributed by atoms with Gasteiger partial charge in [-0.1, -0.05) is 13.8 Å². The Hall–Kier alpha value is -2.75. The van der Waals surface area contributed by atoms with Crippen molar-refractivity contribution in [2.75, 3.05) is 0 Å². The number of aromatic nitrogens is 3. The highest BCUT2D eigenvalue weighted by molar-refractivity contribution is 5.54. The van der Waals surface area contributed by atoms with E-state index in [9.17, 15) is 10.1 Å². The highest BCUT2D eigenvalue weighted by Crippen LogP contribution is 2.22. The second kappa shape index (κ2) is 5.48. The lowest BCUT2D eigenvalue weighted by Gasteiger charge is -2.04. The Morgan fingerprint density at radius 1 is 1.40 bits per heavy atom. The molecule has 1 aromatic carbocycles. The Kier molecular flexibility index (Phi) is 3.75. The van der Waals surface area contributed by atoms with Crippen molar-refractivity contribution in [3.63, 3.8) is 0 Å². The molecule has 0 fully saturated rings. The molecule has 2 aromatic rings. The lowest BCUT2D eigenvalue weighted by Crippen LogP contribution is -2.03. The summed E-state index contributed by atoms with van der Waals surface area (Å²) in [7, 11) is 0. The monoisotopic (exact) mass is 271 g/mol. The van der Waals surface area contributed by atoms with E-state index in [1.54, 1.807) is 10.7 Å². The van der Waals surface area contributed by atoms with Crippen LogP contribution in [0.5, 0.6) is 0 Å². The predicted octanol–water partition coefficient (Wildman–Crippen LogP) is 2.17. The average Bonchev–Trinajstić information content (AvgIpc) is 2.89. The van der Waals surface area contributed by atoms with Crippen LogP contribution >= 0.6 is 0 Å². The van der Waals surface area contributed by atoms with Crippen LogP contribution in [0.15, 0.2) is 18.2 Å². The van der Waals surface area contributed by atoms with Gasteiger partial charge in [0.2, 0.25) is 0 Å². The second-order valence-electron chi connectivity index (χ2n) is 4.13. The number of nitrogens with zero attached hydrogens (tertiary/aromatic N) is 5. The molecule has 0 saturated heterocycles. The lowest BCUT2D eigenvalue weighted by atomic mass is 10.2. The molecule has 2 rings (SSSR count). The third kappa shape index (κ3) is 2.36. The van der Waals surface area contributed by atoms with E-state index in [2.05, 4.69) is 10.1 Å². The van der Waals surface area contributed by atoms with Gasteiger partial charge in [0.1, 0.15) is 17.5 Å². The van der Waals surface area contributed by atoms with Crippen molar-refractivity contribution in [1.82, 2.24) is 14.8 Å². The number of hydrogen-bond donors (Lipinski definition) is 0. The van der Waals surface area contributed by atoms with E-state index in [1.165, 1.54) is 12.1 Å². The van der Waals surface area contributed by atoms with Crippen molar-refractivity contribution in [2.24, 2.45) is 0 Å². The van der Waals surface area contributed by atoms with Gasteiger partial charge in [-0.25, -0.2) is 9.67 Å². The molecule has 1 heterocycles. The fraction of sp³-hybridized carbons (Fsp3) is 0.308. The van der Waals surface area contributed by atoms with Crippen LogP contribution in [0, 0.1) is 21.4 Å². The van der Waals surface area contributed by atoms with Crippen molar-refractivity contribution in [3.05, 3.63) is 45.5 Å². The van der Waals surface area contributed by atoms with Gasteiger partial charge in [-0.05, 0) is 12.1 Å². The summed E-state index contributed by atoms with van der Waals surface area (Å²) >= 11 is 0. The summed E-state index contributed by atoms with van der Waals surface area (Å²) in [6.07, 6.45) is 1.36. The zero-order valence-corrected chi connectivity index (χ0v) is 11.2. The summed E-state index contributed by atoms with van der Waals surface area (Å²) in [6, 6.07) is 6.24. The van der Waals surface area contributed by atoms with Crippen LogP contribution in [0.4, 0.5) is 5.69 Å². The third-order valence-electron chi connectivity index (χ3n) is 2.89. The minimum atomic E-state index is -0.564. The van der Waals surface area contributed by atoms with Crippen molar-refractivity contribution in [1.29, 1.82) is 5.26 Å². The summed E-state index contributed by atoms with van der Waals surface area (Å²) in [5.74, 6) is 1.43. The molecule has 0 atom stereocenters.